The van der Waals surface area contributed by atoms with Crippen molar-refractivity contribution in [3.63, 3.8) is 0 Å². The maximum Gasteiger partial charge on any atom is 0.407 e. The Balaban J connectivity index is 1.79. The fourth-order valence-electron chi connectivity index (χ4n) is 2.65. The summed E-state index contributed by atoms with van der Waals surface area (Å²) in [5, 5.41) is 12.9. The van der Waals surface area contributed by atoms with Crippen molar-refractivity contribution in [1.29, 1.82) is 0 Å². The van der Waals surface area contributed by atoms with E-state index in [1.165, 1.54) is 6.26 Å². The molecule has 7 nitrogen and oxygen atoms in total. The molecule has 2 heterocycles. The van der Waals surface area contributed by atoms with Crippen LogP contribution in [0.2, 0.25) is 0 Å². The number of furan rings is 1. The highest BCUT2D eigenvalue weighted by Crippen LogP contribution is 2.20. The standard InChI is InChI=1S/C17H26N2O5/c1-11(2)10-24-17(22)18-8-13-4-6-19(9-14(13)20)16(21)15-12(3)5-7-23-15/h5,7,11,13-14,20H,4,6,8-10H2,1-3H3,(H,18,22). The van der Waals surface area contributed by atoms with Gasteiger partial charge in [0, 0.05) is 31.1 Å². The van der Waals surface area contributed by atoms with Gasteiger partial charge >= 0.3 is 6.09 Å². The number of hydrogen-bond acceptors (Lipinski definition) is 5. The molecule has 2 atom stereocenters. The van der Waals surface area contributed by atoms with Crippen LogP contribution in [-0.2, 0) is 4.74 Å². The Morgan fingerprint density at radius 1 is 1.50 bits per heavy atom. The lowest BCUT2D eigenvalue weighted by Gasteiger charge is -2.35. The SMILES string of the molecule is Cc1ccoc1C(=O)N1CCC(CNC(=O)OCC(C)C)C(O)C1. The first-order chi connectivity index (χ1) is 11.4. The number of hydrogen-bond donors (Lipinski definition) is 2. The van der Waals surface area contributed by atoms with E-state index in [1.54, 1.807) is 11.0 Å². The van der Waals surface area contributed by atoms with E-state index in [0.29, 0.717) is 31.9 Å². The largest absolute Gasteiger partial charge is 0.459 e. The Hall–Kier alpha value is -2.02. The van der Waals surface area contributed by atoms with Gasteiger partial charge in [-0.25, -0.2) is 4.79 Å². The number of β-amino-alcohol motifs (C(OH)–C–C–N with tert-alkyl or cyclic N) is 1. The van der Waals surface area contributed by atoms with E-state index < -0.39 is 12.2 Å². The number of amides is 2. The number of alkyl carbamates (subject to hydrolysis) is 1. The summed E-state index contributed by atoms with van der Waals surface area (Å²) in [4.78, 5) is 25.5. The first-order valence-corrected chi connectivity index (χ1v) is 8.30. The summed E-state index contributed by atoms with van der Waals surface area (Å²) in [6.07, 6.45) is 0.930. The molecular weight excluding hydrogens is 312 g/mol. The number of aliphatic hydroxyl groups excluding tert-OH is 1. The van der Waals surface area contributed by atoms with Gasteiger partial charge in [-0.1, -0.05) is 13.8 Å². The molecule has 2 rings (SSSR count). The average molecular weight is 338 g/mol. The predicted octanol–water partition coefficient (Wildman–Crippen LogP) is 1.79. The summed E-state index contributed by atoms with van der Waals surface area (Å²) in [6, 6.07) is 1.74. The highest BCUT2D eigenvalue weighted by Gasteiger charge is 2.32. The molecular formula is C17H26N2O5. The third-order valence-electron chi connectivity index (χ3n) is 4.12. The number of likely N-dealkylation sites (tertiary alicyclic amines) is 1. The van der Waals surface area contributed by atoms with Crippen LogP contribution in [0.3, 0.4) is 0 Å². The van der Waals surface area contributed by atoms with Crippen molar-refractivity contribution < 1.29 is 23.8 Å². The van der Waals surface area contributed by atoms with Crippen molar-refractivity contribution in [2.45, 2.75) is 33.3 Å². The minimum atomic E-state index is -0.691. The van der Waals surface area contributed by atoms with E-state index >= 15 is 0 Å². The van der Waals surface area contributed by atoms with Gasteiger partial charge in [0.1, 0.15) is 0 Å². The lowest BCUT2D eigenvalue weighted by Crippen LogP contribution is -2.49. The first-order valence-electron chi connectivity index (χ1n) is 8.30. The molecule has 1 aromatic heterocycles. The van der Waals surface area contributed by atoms with Gasteiger partial charge in [0.25, 0.3) is 5.91 Å². The molecule has 0 saturated carbocycles. The van der Waals surface area contributed by atoms with Crippen molar-refractivity contribution in [1.82, 2.24) is 10.2 Å². The van der Waals surface area contributed by atoms with Crippen LogP contribution in [0.25, 0.3) is 0 Å². The fraction of sp³-hybridized carbons (Fsp3) is 0.647. The van der Waals surface area contributed by atoms with Crippen LogP contribution in [0.15, 0.2) is 16.7 Å². The highest BCUT2D eigenvalue weighted by atomic mass is 16.5. The lowest BCUT2D eigenvalue weighted by molar-refractivity contribution is 0.0178. The van der Waals surface area contributed by atoms with Gasteiger partial charge in [-0.2, -0.15) is 0 Å². The van der Waals surface area contributed by atoms with Crippen LogP contribution in [0, 0.1) is 18.8 Å². The normalized spacial score (nSPS) is 21.0. The zero-order valence-corrected chi connectivity index (χ0v) is 14.4. The summed E-state index contributed by atoms with van der Waals surface area (Å²) in [6.45, 7) is 7.18. The predicted molar refractivity (Wildman–Crippen MR) is 87.7 cm³/mol. The van der Waals surface area contributed by atoms with Crippen LogP contribution in [0.4, 0.5) is 4.79 Å². The van der Waals surface area contributed by atoms with Gasteiger partial charge in [0.15, 0.2) is 5.76 Å². The lowest BCUT2D eigenvalue weighted by atomic mass is 9.93. The Morgan fingerprint density at radius 2 is 2.25 bits per heavy atom. The third-order valence-corrected chi connectivity index (χ3v) is 4.12. The molecule has 24 heavy (non-hydrogen) atoms. The molecule has 1 fully saturated rings. The average Bonchev–Trinajstić information content (AvgIpc) is 2.97. The van der Waals surface area contributed by atoms with E-state index in [4.69, 9.17) is 9.15 Å². The molecule has 0 spiro atoms. The Labute approximate surface area is 142 Å². The number of carbonyl (C=O) groups is 2. The van der Waals surface area contributed by atoms with Crippen molar-refractivity contribution in [3.05, 3.63) is 23.7 Å². The van der Waals surface area contributed by atoms with E-state index in [-0.39, 0.29) is 24.3 Å². The zero-order chi connectivity index (χ0) is 17.7. The maximum atomic E-state index is 12.4. The molecule has 2 N–H and O–H groups in total. The van der Waals surface area contributed by atoms with Gasteiger partial charge in [0.05, 0.1) is 19.0 Å². The van der Waals surface area contributed by atoms with Gasteiger partial charge in [-0.3, -0.25) is 4.79 Å². The van der Waals surface area contributed by atoms with Crippen molar-refractivity contribution in [2.24, 2.45) is 11.8 Å². The van der Waals surface area contributed by atoms with Crippen LogP contribution in [-0.4, -0.2) is 54.4 Å². The minimum absolute atomic E-state index is 0.0988. The molecule has 0 radical (unpaired) electrons. The summed E-state index contributed by atoms with van der Waals surface area (Å²) in [5.41, 5.74) is 0.783. The number of aryl methyl sites for hydroxylation is 1. The van der Waals surface area contributed by atoms with E-state index in [0.717, 1.165) is 5.56 Å². The van der Waals surface area contributed by atoms with Gasteiger partial charge < -0.3 is 24.5 Å². The van der Waals surface area contributed by atoms with E-state index in [2.05, 4.69) is 5.32 Å². The maximum absolute atomic E-state index is 12.4. The third kappa shape index (κ3) is 4.74. The second kappa shape index (κ2) is 8.19. The quantitative estimate of drug-likeness (QED) is 0.854. The summed E-state index contributed by atoms with van der Waals surface area (Å²) < 4.78 is 10.3. The summed E-state index contributed by atoms with van der Waals surface area (Å²) >= 11 is 0. The molecule has 2 unspecified atom stereocenters. The number of ether oxygens (including phenoxy) is 1. The van der Waals surface area contributed by atoms with Crippen LogP contribution in [0.5, 0.6) is 0 Å². The Kier molecular flexibility index (Phi) is 6.25. The summed E-state index contributed by atoms with van der Waals surface area (Å²) in [5.74, 6) is 0.286. The highest BCUT2D eigenvalue weighted by molar-refractivity contribution is 5.92. The monoisotopic (exact) mass is 338 g/mol. The second-order valence-corrected chi connectivity index (χ2v) is 6.67. The first kappa shape index (κ1) is 18.3. The molecule has 1 aromatic rings. The molecule has 0 bridgehead atoms. The molecule has 2 amide bonds. The van der Waals surface area contributed by atoms with Gasteiger partial charge in [-0.15, -0.1) is 0 Å². The van der Waals surface area contributed by atoms with Crippen molar-refractivity contribution in [3.8, 4) is 0 Å². The molecule has 7 heteroatoms. The molecule has 1 aliphatic heterocycles. The Bertz CT molecular complexity index is 569. The molecule has 134 valence electrons. The molecule has 1 saturated heterocycles. The number of nitrogens with one attached hydrogen (secondary N) is 1. The number of aliphatic hydroxyl groups is 1. The van der Waals surface area contributed by atoms with Gasteiger partial charge in [0.2, 0.25) is 0 Å². The van der Waals surface area contributed by atoms with Crippen LogP contribution >= 0.6 is 0 Å². The van der Waals surface area contributed by atoms with E-state index in [1.807, 2.05) is 20.8 Å². The number of rotatable bonds is 5. The van der Waals surface area contributed by atoms with Crippen molar-refractivity contribution >= 4 is 12.0 Å². The second-order valence-electron chi connectivity index (χ2n) is 6.67. The summed E-state index contributed by atoms with van der Waals surface area (Å²) in [7, 11) is 0. The number of nitrogens with zero attached hydrogens (tertiary/aromatic N) is 1. The number of carbonyl (C=O) groups excluding carboxylic acids is 2. The topological polar surface area (TPSA) is 92.0 Å². The smallest absolute Gasteiger partial charge is 0.407 e. The Morgan fingerprint density at radius 3 is 2.83 bits per heavy atom. The fourth-order valence-corrected chi connectivity index (χ4v) is 2.65. The van der Waals surface area contributed by atoms with Crippen LogP contribution < -0.4 is 5.32 Å². The van der Waals surface area contributed by atoms with Crippen molar-refractivity contribution in [2.75, 3.05) is 26.2 Å². The molecule has 1 aliphatic rings. The molecule has 0 aliphatic carbocycles. The molecule has 0 aromatic carbocycles. The van der Waals surface area contributed by atoms with E-state index in [9.17, 15) is 14.7 Å². The van der Waals surface area contributed by atoms with Gasteiger partial charge in [-0.05, 0) is 25.3 Å². The minimum Gasteiger partial charge on any atom is -0.459 e. The van der Waals surface area contributed by atoms with Crippen LogP contribution in [0.1, 0.15) is 36.4 Å². The number of piperidine rings is 1. The zero-order valence-electron chi connectivity index (χ0n) is 14.4.